The Balaban J connectivity index is 3.14. The molecule has 0 saturated heterocycles. The summed E-state index contributed by atoms with van der Waals surface area (Å²) in [6.07, 6.45) is 0.779. The number of nitrogens with zero attached hydrogens (tertiary/aromatic N) is 2. The topological polar surface area (TPSA) is 63.1 Å². The van der Waals surface area contributed by atoms with Crippen LogP contribution in [-0.4, -0.2) is 21.0 Å². The number of hydrogen-bond acceptors (Lipinski definition) is 3. The molecule has 0 aliphatic carbocycles. The third-order valence-electron chi connectivity index (χ3n) is 2.12. The Morgan fingerprint density at radius 2 is 1.73 bits per heavy atom. The zero-order valence-electron chi connectivity index (χ0n) is 9.53. The van der Waals surface area contributed by atoms with Crippen LogP contribution < -0.4 is 0 Å². The Morgan fingerprint density at radius 3 is 2.07 bits per heavy atom. The molecule has 0 fully saturated rings. The van der Waals surface area contributed by atoms with Gasteiger partial charge >= 0.3 is 5.97 Å². The highest BCUT2D eigenvalue weighted by atomic mass is 16.4. The van der Waals surface area contributed by atoms with Crippen molar-refractivity contribution in [2.75, 3.05) is 0 Å². The minimum absolute atomic E-state index is 0.225. The lowest BCUT2D eigenvalue weighted by molar-refractivity contribution is 0.0694. The molecule has 0 spiro atoms. The molecule has 0 bridgehead atoms. The van der Waals surface area contributed by atoms with E-state index in [1.54, 1.807) is 13.8 Å². The SMILES string of the molecule is Cc1nc(CC(C)C)nc(C)c1C(=O)O. The number of rotatable bonds is 3. The molecule has 0 aromatic carbocycles. The van der Waals surface area contributed by atoms with E-state index in [1.165, 1.54) is 0 Å². The quantitative estimate of drug-likeness (QED) is 0.825. The second-order valence-electron chi connectivity index (χ2n) is 4.09. The number of hydrogen-bond donors (Lipinski definition) is 1. The normalized spacial score (nSPS) is 10.7. The van der Waals surface area contributed by atoms with E-state index in [0.717, 1.165) is 12.2 Å². The molecule has 4 nitrogen and oxygen atoms in total. The van der Waals surface area contributed by atoms with Gasteiger partial charge in [-0.1, -0.05) is 13.8 Å². The zero-order valence-corrected chi connectivity index (χ0v) is 9.53. The molecule has 0 atom stereocenters. The average molecular weight is 208 g/mol. The molecule has 0 unspecified atom stereocenters. The Labute approximate surface area is 89.4 Å². The van der Waals surface area contributed by atoms with Gasteiger partial charge in [-0.25, -0.2) is 14.8 Å². The van der Waals surface area contributed by atoms with Gasteiger partial charge in [0, 0.05) is 6.42 Å². The standard InChI is InChI=1S/C11H16N2O2/c1-6(2)5-9-12-7(3)10(11(14)15)8(4)13-9/h6H,5H2,1-4H3,(H,14,15). The van der Waals surface area contributed by atoms with Gasteiger partial charge in [0.05, 0.1) is 11.4 Å². The molecule has 0 saturated carbocycles. The number of carboxylic acids is 1. The number of aryl methyl sites for hydroxylation is 2. The minimum Gasteiger partial charge on any atom is -0.478 e. The first kappa shape index (κ1) is 11.6. The summed E-state index contributed by atoms with van der Waals surface area (Å²) in [6.45, 7) is 7.59. The monoisotopic (exact) mass is 208 g/mol. The lowest BCUT2D eigenvalue weighted by Gasteiger charge is -2.08. The lowest BCUT2D eigenvalue weighted by atomic mass is 10.1. The number of carboxylic acid groups (broad SMARTS) is 1. The first-order valence-corrected chi connectivity index (χ1v) is 4.99. The number of aromatic carboxylic acids is 1. The Hall–Kier alpha value is -1.45. The summed E-state index contributed by atoms with van der Waals surface area (Å²) in [7, 11) is 0. The fourth-order valence-corrected chi connectivity index (χ4v) is 1.55. The van der Waals surface area contributed by atoms with Crippen LogP contribution in [0, 0.1) is 19.8 Å². The van der Waals surface area contributed by atoms with Crippen LogP contribution in [-0.2, 0) is 6.42 Å². The summed E-state index contributed by atoms with van der Waals surface area (Å²) in [4.78, 5) is 19.3. The molecule has 1 rings (SSSR count). The number of carbonyl (C=O) groups is 1. The molecule has 1 N–H and O–H groups in total. The molecule has 0 amide bonds. The summed E-state index contributed by atoms with van der Waals surface area (Å²) in [6, 6.07) is 0. The minimum atomic E-state index is -0.957. The van der Waals surface area contributed by atoms with Crippen LogP contribution in [0.1, 0.15) is 41.4 Å². The Bertz CT molecular complexity index is 363. The van der Waals surface area contributed by atoms with Crippen LogP contribution in [0.25, 0.3) is 0 Å². The second kappa shape index (κ2) is 4.38. The summed E-state index contributed by atoms with van der Waals surface area (Å²) in [5.41, 5.74) is 1.32. The van der Waals surface area contributed by atoms with Crippen LogP contribution in [0.3, 0.4) is 0 Å². The molecular formula is C11H16N2O2. The highest BCUT2D eigenvalue weighted by Gasteiger charge is 2.14. The summed E-state index contributed by atoms with van der Waals surface area (Å²) in [5, 5.41) is 8.94. The predicted molar refractivity (Wildman–Crippen MR) is 57.0 cm³/mol. The van der Waals surface area contributed by atoms with Crippen molar-refractivity contribution in [3.8, 4) is 0 Å². The van der Waals surface area contributed by atoms with Crippen molar-refractivity contribution in [3.63, 3.8) is 0 Å². The molecule has 1 aromatic rings. The van der Waals surface area contributed by atoms with Crippen molar-refractivity contribution >= 4 is 5.97 Å². The van der Waals surface area contributed by atoms with Crippen LogP contribution in [0.4, 0.5) is 0 Å². The largest absolute Gasteiger partial charge is 0.478 e. The highest BCUT2D eigenvalue weighted by molar-refractivity contribution is 5.89. The van der Waals surface area contributed by atoms with Gasteiger partial charge in [-0.3, -0.25) is 0 Å². The van der Waals surface area contributed by atoms with Gasteiger partial charge in [0.1, 0.15) is 11.4 Å². The fourth-order valence-electron chi connectivity index (χ4n) is 1.55. The maximum atomic E-state index is 10.9. The molecule has 0 radical (unpaired) electrons. The fraction of sp³-hybridized carbons (Fsp3) is 0.545. The molecule has 0 aliphatic rings. The van der Waals surface area contributed by atoms with E-state index in [-0.39, 0.29) is 5.56 Å². The van der Waals surface area contributed by atoms with Gasteiger partial charge in [-0.05, 0) is 19.8 Å². The molecule has 0 aliphatic heterocycles. The average Bonchev–Trinajstić information content (AvgIpc) is 1.99. The van der Waals surface area contributed by atoms with Gasteiger partial charge < -0.3 is 5.11 Å². The van der Waals surface area contributed by atoms with Crippen molar-refractivity contribution in [1.29, 1.82) is 0 Å². The van der Waals surface area contributed by atoms with Crippen LogP contribution in [0.15, 0.2) is 0 Å². The van der Waals surface area contributed by atoms with Crippen molar-refractivity contribution in [2.45, 2.75) is 34.1 Å². The summed E-state index contributed by atoms with van der Waals surface area (Å²) < 4.78 is 0. The van der Waals surface area contributed by atoms with Gasteiger partial charge in [0.25, 0.3) is 0 Å². The predicted octanol–water partition coefficient (Wildman–Crippen LogP) is 1.99. The van der Waals surface area contributed by atoms with Crippen molar-refractivity contribution in [1.82, 2.24) is 9.97 Å². The smallest absolute Gasteiger partial charge is 0.339 e. The Morgan fingerprint density at radius 1 is 1.27 bits per heavy atom. The van der Waals surface area contributed by atoms with E-state index in [1.807, 2.05) is 0 Å². The van der Waals surface area contributed by atoms with E-state index < -0.39 is 5.97 Å². The van der Waals surface area contributed by atoms with Gasteiger partial charge in [0.2, 0.25) is 0 Å². The van der Waals surface area contributed by atoms with Crippen molar-refractivity contribution in [3.05, 3.63) is 22.8 Å². The third-order valence-corrected chi connectivity index (χ3v) is 2.12. The molecule has 4 heteroatoms. The van der Waals surface area contributed by atoms with E-state index in [4.69, 9.17) is 5.11 Å². The van der Waals surface area contributed by atoms with Crippen LogP contribution in [0.2, 0.25) is 0 Å². The van der Waals surface area contributed by atoms with Crippen LogP contribution in [0.5, 0.6) is 0 Å². The second-order valence-corrected chi connectivity index (χ2v) is 4.09. The van der Waals surface area contributed by atoms with Gasteiger partial charge in [0.15, 0.2) is 0 Å². The maximum absolute atomic E-state index is 10.9. The molecule has 82 valence electrons. The third kappa shape index (κ3) is 2.75. The summed E-state index contributed by atoms with van der Waals surface area (Å²) in [5.74, 6) is 0.241. The summed E-state index contributed by atoms with van der Waals surface area (Å²) >= 11 is 0. The van der Waals surface area contributed by atoms with E-state index in [0.29, 0.717) is 17.3 Å². The van der Waals surface area contributed by atoms with E-state index in [2.05, 4.69) is 23.8 Å². The molecular weight excluding hydrogens is 192 g/mol. The zero-order chi connectivity index (χ0) is 11.6. The van der Waals surface area contributed by atoms with E-state index in [9.17, 15) is 4.79 Å². The first-order valence-electron chi connectivity index (χ1n) is 4.99. The number of aromatic nitrogens is 2. The highest BCUT2D eigenvalue weighted by Crippen LogP contribution is 2.12. The van der Waals surface area contributed by atoms with Gasteiger partial charge in [-0.2, -0.15) is 0 Å². The lowest BCUT2D eigenvalue weighted by Crippen LogP contribution is -2.11. The molecule has 15 heavy (non-hydrogen) atoms. The Kier molecular flexibility index (Phi) is 3.39. The van der Waals surface area contributed by atoms with Crippen LogP contribution >= 0.6 is 0 Å². The first-order chi connectivity index (χ1) is 6.91. The molecule has 1 heterocycles. The van der Waals surface area contributed by atoms with Gasteiger partial charge in [-0.15, -0.1) is 0 Å². The van der Waals surface area contributed by atoms with Crippen molar-refractivity contribution < 1.29 is 9.90 Å². The van der Waals surface area contributed by atoms with Crippen molar-refractivity contribution in [2.24, 2.45) is 5.92 Å². The maximum Gasteiger partial charge on any atom is 0.339 e. The molecule has 1 aromatic heterocycles. The van der Waals surface area contributed by atoms with E-state index >= 15 is 0 Å².